The molecule has 5 aromatic rings. The van der Waals surface area contributed by atoms with Crippen LogP contribution in [-0.2, 0) is 9.59 Å². The fourth-order valence-corrected chi connectivity index (χ4v) is 6.14. The molecule has 1 unspecified atom stereocenters. The van der Waals surface area contributed by atoms with Crippen LogP contribution in [0, 0.1) is 6.92 Å². The molecular weight excluding hydrogens is 623 g/mol. The van der Waals surface area contributed by atoms with Gasteiger partial charge in [0.25, 0.3) is 11.8 Å². The maximum absolute atomic E-state index is 13.7. The summed E-state index contributed by atoms with van der Waals surface area (Å²) in [5, 5.41) is 8.13. The molecule has 240 valence electrons. The summed E-state index contributed by atoms with van der Waals surface area (Å²) >= 11 is 1.36. The predicted molar refractivity (Wildman–Crippen MR) is 189 cm³/mol. The van der Waals surface area contributed by atoms with Crippen LogP contribution in [0.4, 0.5) is 11.4 Å². The SMILES string of the molecule is Cc1ccccc1/C=C(\NC(=O)c1ccccc1)C(=O)Nc1cccc(SC(C(=O)Nc2ccc3c(c2)OCCO3)c2ccccc2)c1. The van der Waals surface area contributed by atoms with Crippen LogP contribution in [0.3, 0.4) is 0 Å². The number of fused-ring (bicyclic) bond motifs is 1. The molecule has 5 aromatic carbocycles. The zero-order chi connectivity index (χ0) is 33.3. The molecule has 0 saturated heterocycles. The molecule has 1 aliphatic heterocycles. The number of benzene rings is 5. The third-order valence-corrected chi connectivity index (χ3v) is 8.76. The van der Waals surface area contributed by atoms with Gasteiger partial charge in [0.2, 0.25) is 5.91 Å². The summed E-state index contributed by atoms with van der Waals surface area (Å²) in [6.07, 6.45) is 1.66. The van der Waals surface area contributed by atoms with Crippen LogP contribution in [0.2, 0.25) is 0 Å². The maximum Gasteiger partial charge on any atom is 0.272 e. The normalized spacial score (nSPS) is 12.8. The highest BCUT2D eigenvalue weighted by Gasteiger charge is 2.24. The molecule has 0 spiro atoms. The van der Waals surface area contributed by atoms with Gasteiger partial charge in [0, 0.05) is 27.9 Å². The van der Waals surface area contributed by atoms with E-state index in [9.17, 15) is 14.4 Å². The van der Waals surface area contributed by atoms with Crippen LogP contribution in [0.1, 0.15) is 32.3 Å². The second kappa shape index (κ2) is 15.2. The summed E-state index contributed by atoms with van der Waals surface area (Å²) in [6, 6.07) is 38.4. The van der Waals surface area contributed by atoms with Crippen molar-refractivity contribution >= 4 is 46.9 Å². The van der Waals surface area contributed by atoms with Crippen LogP contribution in [0.5, 0.6) is 11.5 Å². The van der Waals surface area contributed by atoms with Gasteiger partial charge in [0.05, 0.1) is 0 Å². The number of carbonyl (C=O) groups excluding carboxylic acids is 3. The number of thioether (sulfide) groups is 1. The molecule has 1 atom stereocenters. The molecular formula is C39H33N3O5S. The number of hydrogen-bond acceptors (Lipinski definition) is 6. The van der Waals surface area contributed by atoms with E-state index in [2.05, 4.69) is 16.0 Å². The minimum atomic E-state index is -0.605. The second-order valence-electron chi connectivity index (χ2n) is 11.0. The van der Waals surface area contributed by atoms with Gasteiger partial charge in [0.1, 0.15) is 24.2 Å². The molecule has 0 saturated carbocycles. The number of nitrogens with one attached hydrogen (secondary N) is 3. The van der Waals surface area contributed by atoms with Gasteiger partial charge in [-0.05, 0) is 72.2 Å². The van der Waals surface area contributed by atoms with Crippen molar-refractivity contribution in [2.24, 2.45) is 0 Å². The van der Waals surface area contributed by atoms with Gasteiger partial charge in [-0.2, -0.15) is 0 Å². The van der Waals surface area contributed by atoms with E-state index >= 15 is 0 Å². The minimum Gasteiger partial charge on any atom is -0.486 e. The van der Waals surface area contributed by atoms with Gasteiger partial charge in [-0.3, -0.25) is 14.4 Å². The molecule has 1 aliphatic rings. The van der Waals surface area contributed by atoms with Gasteiger partial charge in [-0.1, -0.05) is 78.9 Å². The van der Waals surface area contributed by atoms with Crippen molar-refractivity contribution in [3.05, 3.63) is 155 Å². The lowest BCUT2D eigenvalue weighted by molar-refractivity contribution is -0.116. The summed E-state index contributed by atoms with van der Waals surface area (Å²) in [5.74, 6) is 0.125. The van der Waals surface area contributed by atoms with Crippen LogP contribution < -0.4 is 25.4 Å². The number of carbonyl (C=O) groups is 3. The van der Waals surface area contributed by atoms with Crippen molar-refractivity contribution in [3.8, 4) is 11.5 Å². The van der Waals surface area contributed by atoms with E-state index in [1.807, 2.05) is 79.7 Å². The number of hydrogen-bond donors (Lipinski definition) is 3. The van der Waals surface area contributed by atoms with Crippen molar-refractivity contribution in [1.29, 1.82) is 0 Å². The molecule has 6 rings (SSSR count). The van der Waals surface area contributed by atoms with Gasteiger partial charge in [0.15, 0.2) is 11.5 Å². The Morgan fingerprint density at radius 3 is 2.17 bits per heavy atom. The summed E-state index contributed by atoms with van der Waals surface area (Å²) in [4.78, 5) is 41.3. The molecule has 1 heterocycles. The average Bonchev–Trinajstić information content (AvgIpc) is 3.12. The lowest BCUT2D eigenvalue weighted by Gasteiger charge is -2.20. The Morgan fingerprint density at radius 2 is 1.40 bits per heavy atom. The molecule has 3 amide bonds. The van der Waals surface area contributed by atoms with Crippen LogP contribution >= 0.6 is 11.8 Å². The number of anilines is 2. The third kappa shape index (κ3) is 8.12. The Balaban J connectivity index is 1.22. The number of aryl methyl sites for hydroxylation is 1. The predicted octanol–water partition coefficient (Wildman–Crippen LogP) is 7.65. The van der Waals surface area contributed by atoms with Crippen LogP contribution in [-0.4, -0.2) is 30.9 Å². The van der Waals surface area contributed by atoms with E-state index in [4.69, 9.17) is 9.47 Å². The summed E-state index contributed by atoms with van der Waals surface area (Å²) in [5.41, 5.74) is 4.20. The highest BCUT2D eigenvalue weighted by atomic mass is 32.2. The van der Waals surface area contributed by atoms with Crippen LogP contribution in [0.15, 0.2) is 138 Å². The smallest absolute Gasteiger partial charge is 0.272 e. The van der Waals surface area contributed by atoms with E-state index in [1.165, 1.54) is 11.8 Å². The molecule has 0 radical (unpaired) electrons. The first-order chi connectivity index (χ1) is 23.4. The van der Waals surface area contributed by atoms with Gasteiger partial charge in [-0.25, -0.2) is 0 Å². The lowest BCUT2D eigenvalue weighted by atomic mass is 10.1. The molecule has 3 N–H and O–H groups in total. The fourth-order valence-electron chi connectivity index (χ4n) is 5.06. The summed E-state index contributed by atoms with van der Waals surface area (Å²) in [7, 11) is 0. The van der Waals surface area contributed by atoms with Gasteiger partial charge in [-0.15, -0.1) is 11.8 Å². The zero-order valence-corrected chi connectivity index (χ0v) is 27.0. The fraction of sp³-hybridized carbons (Fsp3) is 0.103. The molecule has 0 aliphatic carbocycles. The topological polar surface area (TPSA) is 106 Å². The highest BCUT2D eigenvalue weighted by molar-refractivity contribution is 8.00. The van der Waals surface area contributed by atoms with E-state index in [1.54, 1.807) is 60.7 Å². The first-order valence-electron chi connectivity index (χ1n) is 15.4. The molecule has 0 fully saturated rings. The Labute approximate surface area is 283 Å². The highest BCUT2D eigenvalue weighted by Crippen LogP contribution is 2.38. The first-order valence-corrected chi connectivity index (χ1v) is 16.3. The first kappa shape index (κ1) is 32.2. The van der Waals surface area contributed by atoms with Crippen LogP contribution in [0.25, 0.3) is 6.08 Å². The maximum atomic E-state index is 13.7. The Hall–Kier alpha value is -5.80. The van der Waals surface area contributed by atoms with E-state index < -0.39 is 17.1 Å². The molecule has 8 nitrogen and oxygen atoms in total. The number of rotatable bonds is 10. The summed E-state index contributed by atoms with van der Waals surface area (Å²) < 4.78 is 11.3. The molecule has 48 heavy (non-hydrogen) atoms. The summed E-state index contributed by atoms with van der Waals surface area (Å²) in [6.45, 7) is 2.87. The molecule has 0 aromatic heterocycles. The largest absolute Gasteiger partial charge is 0.486 e. The van der Waals surface area contributed by atoms with E-state index in [-0.39, 0.29) is 11.6 Å². The van der Waals surface area contributed by atoms with E-state index in [0.29, 0.717) is 41.7 Å². The zero-order valence-electron chi connectivity index (χ0n) is 26.1. The van der Waals surface area contributed by atoms with Crippen molar-refractivity contribution < 1.29 is 23.9 Å². The third-order valence-electron chi connectivity index (χ3n) is 7.51. The van der Waals surface area contributed by atoms with Crippen molar-refractivity contribution in [3.63, 3.8) is 0 Å². The van der Waals surface area contributed by atoms with E-state index in [0.717, 1.165) is 21.6 Å². The lowest BCUT2D eigenvalue weighted by Crippen LogP contribution is -2.30. The minimum absolute atomic E-state index is 0.0946. The quantitative estimate of drug-likeness (QED) is 0.105. The molecule has 9 heteroatoms. The number of amides is 3. The van der Waals surface area contributed by atoms with Crippen molar-refractivity contribution in [2.75, 3.05) is 23.8 Å². The second-order valence-corrected chi connectivity index (χ2v) is 12.2. The van der Waals surface area contributed by atoms with Gasteiger partial charge < -0.3 is 25.4 Å². The van der Waals surface area contributed by atoms with Crippen molar-refractivity contribution in [1.82, 2.24) is 5.32 Å². The van der Waals surface area contributed by atoms with Crippen molar-refractivity contribution in [2.45, 2.75) is 17.1 Å². The number of ether oxygens (including phenoxy) is 2. The Bertz CT molecular complexity index is 1960. The Kier molecular flexibility index (Phi) is 10.2. The monoisotopic (exact) mass is 655 g/mol. The molecule has 0 bridgehead atoms. The average molecular weight is 656 g/mol. The standard InChI is InChI=1S/C39H33N3O5S/c1-26-11-8-9-16-29(26)23-33(42-37(43)28-14-6-3-7-15-28)38(44)40-30-17-10-18-32(24-30)48-36(27-12-4-2-5-13-27)39(45)41-31-19-20-34-35(25-31)47-22-21-46-34/h2-20,23-25,36H,21-22H2,1H3,(H,40,44)(H,41,45)(H,42,43)/b33-23-. The Morgan fingerprint density at radius 1 is 0.708 bits per heavy atom. The van der Waals surface area contributed by atoms with Gasteiger partial charge >= 0.3 is 0 Å².